The number of carbonyl (C=O) groups excluding carboxylic acids is 2. The second-order valence-corrected chi connectivity index (χ2v) is 7.26. The average molecular weight is 482 g/mol. The fourth-order valence-electron chi connectivity index (χ4n) is 2.77. The molecule has 0 heterocycles. The van der Waals surface area contributed by atoms with Crippen molar-refractivity contribution in [3.8, 4) is 17.2 Å². The summed E-state index contributed by atoms with van der Waals surface area (Å²) in [6.07, 6.45) is 1.46. The van der Waals surface area contributed by atoms with Crippen LogP contribution in [-0.4, -0.2) is 37.8 Å². The zero-order valence-corrected chi connectivity index (χ0v) is 19.2. The van der Waals surface area contributed by atoms with Gasteiger partial charge in [0.15, 0.2) is 24.7 Å². The first-order valence-corrected chi connectivity index (χ1v) is 10.9. The van der Waals surface area contributed by atoms with Crippen LogP contribution in [0.4, 0.5) is 5.69 Å². The van der Waals surface area contributed by atoms with Gasteiger partial charge in [0.25, 0.3) is 11.8 Å². The molecule has 34 heavy (non-hydrogen) atoms. The van der Waals surface area contributed by atoms with Gasteiger partial charge in [0.1, 0.15) is 5.75 Å². The van der Waals surface area contributed by atoms with Crippen LogP contribution in [0.15, 0.2) is 77.9 Å². The Morgan fingerprint density at radius 3 is 2.32 bits per heavy atom. The topological polar surface area (TPSA) is 98.2 Å². The smallest absolute Gasteiger partial charge is 0.277 e. The van der Waals surface area contributed by atoms with E-state index in [2.05, 4.69) is 15.8 Å². The molecule has 0 spiro atoms. The van der Waals surface area contributed by atoms with Crippen LogP contribution in [0.25, 0.3) is 0 Å². The van der Waals surface area contributed by atoms with Gasteiger partial charge >= 0.3 is 0 Å². The summed E-state index contributed by atoms with van der Waals surface area (Å²) in [6, 6.07) is 21.1. The Balaban J connectivity index is 1.52. The Kier molecular flexibility index (Phi) is 9.30. The molecule has 0 radical (unpaired) electrons. The van der Waals surface area contributed by atoms with Crippen molar-refractivity contribution in [2.24, 2.45) is 5.10 Å². The van der Waals surface area contributed by atoms with Crippen molar-refractivity contribution >= 4 is 35.3 Å². The molecule has 0 aliphatic rings. The molecule has 0 saturated heterocycles. The second kappa shape index (κ2) is 12.9. The van der Waals surface area contributed by atoms with Gasteiger partial charge in [0.05, 0.1) is 17.8 Å². The predicted molar refractivity (Wildman–Crippen MR) is 131 cm³/mol. The van der Waals surface area contributed by atoms with E-state index in [1.54, 1.807) is 54.6 Å². The number of anilines is 1. The number of nitrogens with one attached hydrogen (secondary N) is 2. The number of amides is 2. The van der Waals surface area contributed by atoms with Crippen LogP contribution >= 0.6 is 11.6 Å². The third kappa shape index (κ3) is 7.83. The third-order valence-corrected chi connectivity index (χ3v) is 4.59. The van der Waals surface area contributed by atoms with Gasteiger partial charge in [-0.15, -0.1) is 0 Å². The van der Waals surface area contributed by atoms with Gasteiger partial charge in [0.2, 0.25) is 0 Å². The molecule has 0 atom stereocenters. The van der Waals surface area contributed by atoms with Crippen LogP contribution in [0.1, 0.15) is 12.5 Å². The number of benzene rings is 3. The van der Waals surface area contributed by atoms with Gasteiger partial charge in [-0.05, 0) is 55.0 Å². The Morgan fingerprint density at radius 1 is 0.853 bits per heavy atom. The molecule has 0 aliphatic heterocycles. The molecule has 2 N–H and O–H groups in total. The number of halogens is 1. The van der Waals surface area contributed by atoms with E-state index in [0.29, 0.717) is 40.1 Å². The molecular weight excluding hydrogens is 458 g/mol. The van der Waals surface area contributed by atoms with Crippen molar-refractivity contribution in [1.29, 1.82) is 0 Å². The molecule has 0 aliphatic carbocycles. The summed E-state index contributed by atoms with van der Waals surface area (Å²) in [5.41, 5.74) is 3.74. The highest BCUT2D eigenvalue weighted by Crippen LogP contribution is 2.28. The van der Waals surface area contributed by atoms with E-state index in [-0.39, 0.29) is 19.1 Å². The second-order valence-electron chi connectivity index (χ2n) is 6.85. The lowest BCUT2D eigenvalue weighted by Crippen LogP contribution is -2.24. The first kappa shape index (κ1) is 24.6. The molecule has 0 bridgehead atoms. The molecule has 0 aromatic heterocycles. The minimum absolute atomic E-state index is 0.177. The highest BCUT2D eigenvalue weighted by molar-refractivity contribution is 6.32. The average Bonchev–Trinajstić information content (AvgIpc) is 2.84. The molecular formula is C25H24ClN3O5. The van der Waals surface area contributed by atoms with Gasteiger partial charge in [0, 0.05) is 5.69 Å². The zero-order chi connectivity index (χ0) is 24.2. The Hall–Kier alpha value is -4.04. The SMILES string of the molecule is CCOc1cc(/C=N\NC(=O)COc2ccccc2Cl)ccc1OCC(=O)Nc1ccccc1. The van der Waals surface area contributed by atoms with Crippen LogP contribution in [0.3, 0.4) is 0 Å². The van der Waals surface area contributed by atoms with E-state index in [1.165, 1.54) is 6.21 Å². The fourth-order valence-corrected chi connectivity index (χ4v) is 2.96. The number of nitrogens with zero attached hydrogens (tertiary/aromatic N) is 1. The predicted octanol–water partition coefficient (Wildman–Crippen LogP) is 4.29. The van der Waals surface area contributed by atoms with Gasteiger partial charge in [-0.2, -0.15) is 5.10 Å². The quantitative estimate of drug-likeness (QED) is 0.314. The lowest BCUT2D eigenvalue weighted by molar-refractivity contribution is -0.123. The maximum Gasteiger partial charge on any atom is 0.277 e. The summed E-state index contributed by atoms with van der Waals surface area (Å²) in [5.74, 6) is 0.552. The molecule has 9 heteroatoms. The molecule has 3 aromatic rings. The van der Waals surface area contributed by atoms with Crippen molar-refractivity contribution in [3.05, 3.63) is 83.4 Å². The van der Waals surface area contributed by atoms with E-state index in [0.717, 1.165) is 0 Å². The molecule has 2 amide bonds. The monoisotopic (exact) mass is 481 g/mol. The normalized spacial score (nSPS) is 10.5. The molecule has 0 fully saturated rings. The summed E-state index contributed by atoms with van der Waals surface area (Å²) in [4.78, 5) is 24.1. The third-order valence-electron chi connectivity index (χ3n) is 4.28. The Morgan fingerprint density at radius 2 is 1.56 bits per heavy atom. The summed E-state index contributed by atoms with van der Waals surface area (Å²) in [5, 5.41) is 7.10. The standard InChI is InChI=1S/C25H24ClN3O5/c1-2-32-23-14-18(15-27-29-25(31)17-33-21-11-7-6-10-20(21)26)12-13-22(23)34-16-24(30)28-19-8-4-3-5-9-19/h3-15H,2,16-17H2,1H3,(H,28,30)(H,29,31)/b27-15-. The first-order valence-electron chi connectivity index (χ1n) is 10.5. The molecule has 3 aromatic carbocycles. The van der Waals surface area contributed by atoms with Gasteiger partial charge in [-0.3, -0.25) is 9.59 Å². The lowest BCUT2D eigenvalue weighted by Gasteiger charge is -2.12. The van der Waals surface area contributed by atoms with Crippen molar-refractivity contribution in [3.63, 3.8) is 0 Å². The highest BCUT2D eigenvalue weighted by atomic mass is 35.5. The van der Waals surface area contributed by atoms with E-state index >= 15 is 0 Å². The Labute approximate surface area is 202 Å². The number of hydrazone groups is 1. The van der Waals surface area contributed by atoms with Crippen molar-refractivity contribution in [2.75, 3.05) is 25.1 Å². The molecule has 176 valence electrons. The minimum Gasteiger partial charge on any atom is -0.490 e. The maximum absolute atomic E-state index is 12.1. The number of para-hydroxylation sites is 2. The number of hydrogen-bond acceptors (Lipinski definition) is 6. The molecule has 8 nitrogen and oxygen atoms in total. The largest absolute Gasteiger partial charge is 0.490 e. The van der Waals surface area contributed by atoms with E-state index in [1.807, 2.05) is 25.1 Å². The van der Waals surface area contributed by atoms with Crippen LogP contribution in [0.2, 0.25) is 5.02 Å². The van der Waals surface area contributed by atoms with Crippen molar-refractivity contribution < 1.29 is 23.8 Å². The zero-order valence-electron chi connectivity index (χ0n) is 18.5. The molecule has 3 rings (SSSR count). The summed E-state index contributed by atoms with van der Waals surface area (Å²) in [6.45, 7) is 1.84. The van der Waals surface area contributed by atoms with E-state index in [4.69, 9.17) is 25.8 Å². The summed E-state index contributed by atoms with van der Waals surface area (Å²) < 4.78 is 16.6. The Bertz CT molecular complexity index is 1140. The van der Waals surface area contributed by atoms with Crippen molar-refractivity contribution in [1.82, 2.24) is 5.43 Å². The van der Waals surface area contributed by atoms with E-state index in [9.17, 15) is 9.59 Å². The van der Waals surface area contributed by atoms with Gasteiger partial charge in [-0.25, -0.2) is 5.43 Å². The maximum atomic E-state index is 12.1. The van der Waals surface area contributed by atoms with E-state index < -0.39 is 5.91 Å². The van der Waals surface area contributed by atoms with Gasteiger partial charge in [-0.1, -0.05) is 41.9 Å². The summed E-state index contributed by atoms with van der Waals surface area (Å²) in [7, 11) is 0. The lowest BCUT2D eigenvalue weighted by atomic mass is 10.2. The molecule has 0 saturated carbocycles. The molecule has 0 unspecified atom stereocenters. The van der Waals surface area contributed by atoms with Crippen LogP contribution < -0.4 is 25.0 Å². The van der Waals surface area contributed by atoms with Crippen LogP contribution in [0, 0.1) is 0 Å². The fraction of sp³-hybridized carbons (Fsp3) is 0.160. The van der Waals surface area contributed by atoms with Crippen LogP contribution in [-0.2, 0) is 9.59 Å². The van der Waals surface area contributed by atoms with Crippen LogP contribution in [0.5, 0.6) is 17.2 Å². The minimum atomic E-state index is -0.439. The first-order chi connectivity index (χ1) is 16.5. The summed E-state index contributed by atoms with van der Waals surface area (Å²) >= 11 is 5.99. The number of rotatable bonds is 11. The van der Waals surface area contributed by atoms with Crippen molar-refractivity contribution in [2.45, 2.75) is 6.92 Å². The van der Waals surface area contributed by atoms with Gasteiger partial charge < -0.3 is 19.5 Å². The number of hydrogen-bond donors (Lipinski definition) is 2. The highest BCUT2D eigenvalue weighted by Gasteiger charge is 2.10. The number of carbonyl (C=O) groups is 2. The number of ether oxygens (including phenoxy) is 3.